The van der Waals surface area contributed by atoms with E-state index in [-0.39, 0.29) is 17.3 Å². The SMILES string of the molecule is COC(=O)C(C)CSCCCC(C)(C)C#N. The monoisotopic (exact) mass is 243 g/mol. The molecule has 0 amide bonds. The van der Waals surface area contributed by atoms with Gasteiger partial charge in [0.05, 0.1) is 24.5 Å². The molecule has 4 heteroatoms. The van der Waals surface area contributed by atoms with Crippen LogP contribution in [0.5, 0.6) is 0 Å². The molecule has 0 aromatic rings. The first-order valence-corrected chi connectivity index (χ1v) is 6.65. The Labute approximate surface area is 103 Å². The van der Waals surface area contributed by atoms with Crippen LogP contribution in [0.2, 0.25) is 0 Å². The van der Waals surface area contributed by atoms with Gasteiger partial charge in [-0.3, -0.25) is 4.79 Å². The van der Waals surface area contributed by atoms with Gasteiger partial charge in [-0.25, -0.2) is 0 Å². The molecule has 0 bridgehead atoms. The Kier molecular flexibility index (Phi) is 7.24. The maximum absolute atomic E-state index is 11.1. The highest BCUT2D eigenvalue weighted by Gasteiger charge is 2.16. The van der Waals surface area contributed by atoms with E-state index in [0.717, 1.165) is 24.3 Å². The van der Waals surface area contributed by atoms with Gasteiger partial charge in [0.15, 0.2) is 0 Å². The molecule has 16 heavy (non-hydrogen) atoms. The van der Waals surface area contributed by atoms with Gasteiger partial charge >= 0.3 is 5.97 Å². The molecule has 0 heterocycles. The third kappa shape index (κ3) is 6.73. The van der Waals surface area contributed by atoms with E-state index in [2.05, 4.69) is 10.8 Å². The number of nitriles is 1. The van der Waals surface area contributed by atoms with E-state index < -0.39 is 0 Å². The molecule has 1 unspecified atom stereocenters. The summed E-state index contributed by atoms with van der Waals surface area (Å²) < 4.78 is 4.65. The lowest BCUT2D eigenvalue weighted by molar-refractivity contribution is -0.143. The molecule has 0 fully saturated rings. The average molecular weight is 243 g/mol. The van der Waals surface area contributed by atoms with E-state index >= 15 is 0 Å². The maximum atomic E-state index is 11.1. The molecule has 0 aliphatic heterocycles. The Morgan fingerprint density at radius 1 is 1.56 bits per heavy atom. The molecule has 0 aromatic heterocycles. The molecule has 0 N–H and O–H groups in total. The minimum absolute atomic E-state index is 0.0426. The fourth-order valence-electron chi connectivity index (χ4n) is 1.20. The standard InChI is InChI=1S/C12H21NO2S/c1-10(11(14)15-4)8-16-7-5-6-12(2,3)9-13/h10H,5-8H2,1-4H3. The molecule has 0 aliphatic carbocycles. The third-order valence-corrected chi connectivity index (χ3v) is 3.68. The molecule has 0 saturated heterocycles. The number of methoxy groups -OCH3 is 1. The lowest BCUT2D eigenvalue weighted by Crippen LogP contribution is -2.15. The van der Waals surface area contributed by atoms with E-state index in [1.54, 1.807) is 11.8 Å². The van der Waals surface area contributed by atoms with Crippen molar-refractivity contribution in [3.63, 3.8) is 0 Å². The molecule has 0 radical (unpaired) electrons. The highest BCUT2D eigenvalue weighted by atomic mass is 32.2. The molecule has 92 valence electrons. The van der Waals surface area contributed by atoms with Crippen LogP contribution < -0.4 is 0 Å². The van der Waals surface area contributed by atoms with Gasteiger partial charge in [0, 0.05) is 5.75 Å². The van der Waals surface area contributed by atoms with Gasteiger partial charge < -0.3 is 4.74 Å². The van der Waals surface area contributed by atoms with Gasteiger partial charge in [-0.1, -0.05) is 6.92 Å². The number of esters is 1. The number of thioether (sulfide) groups is 1. The summed E-state index contributed by atoms with van der Waals surface area (Å²) in [7, 11) is 1.42. The minimum Gasteiger partial charge on any atom is -0.469 e. The van der Waals surface area contributed by atoms with Crippen LogP contribution >= 0.6 is 11.8 Å². The molecule has 0 aliphatic rings. The number of hydrogen-bond donors (Lipinski definition) is 0. The predicted octanol–water partition coefficient (Wildman–Crippen LogP) is 2.86. The number of hydrogen-bond acceptors (Lipinski definition) is 4. The van der Waals surface area contributed by atoms with Crippen LogP contribution in [-0.4, -0.2) is 24.6 Å². The van der Waals surface area contributed by atoms with Crippen LogP contribution in [0.15, 0.2) is 0 Å². The van der Waals surface area contributed by atoms with Gasteiger partial charge in [0.25, 0.3) is 0 Å². The van der Waals surface area contributed by atoms with Crippen molar-refractivity contribution in [2.75, 3.05) is 18.6 Å². The zero-order valence-electron chi connectivity index (χ0n) is 10.6. The zero-order valence-corrected chi connectivity index (χ0v) is 11.4. The lowest BCUT2D eigenvalue weighted by atomic mass is 9.90. The normalized spacial score (nSPS) is 12.9. The van der Waals surface area contributed by atoms with Crippen molar-refractivity contribution in [3.8, 4) is 6.07 Å². The van der Waals surface area contributed by atoms with Crippen LogP contribution in [0.4, 0.5) is 0 Å². The van der Waals surface area contributed by atoms with Crippen molar-refractivity contribution in [3.05, 3.63) is 0 Å². The van der Waals surface area contributed by atoms with Crippen LogP contribution in [0.3, 0.4) is 0 Å². The van der Waals surface area contributed by atoms with E-state index in [0.29, 0.717) is 0 Å². The van der Waals surface area contributed by atoms with E-state index in [1.807, 2.05) is 20.8 Å². The fraction of sp³-hybridized carbons (Fsp3) is 0.833. The predicted molar refractivity (Wildman–Crippen MR) is 67.1 cm³/mol. The summed E-state index contributed by atoms with van der Waals surface area (Å²) in [5, 5.41) is 8.83. The summed E-state index contributed by atoms with van der Waals surface area (Å²) in [5.41, 5.74) is -0.228. The smallest absolute Gasteiger partial charge is 0.309 e. The van der Waals surface area contributed by atoms with Crippen molar-refractivity contribution in [2.45, 2.75) is 33.6 Å². The van der Waals surface area contributed by atoms with E-state index in [4.69, 9.17) is 5.26 Å². The second-order valence-corrected chi connectivity index (χ2v) is 5.75. The van der Waals surface area contributed by atoms with Crippen LogP contribution in [0, 0.1) is 22.7 Å². The van der Waals surface area contributed by atoms with Gasteiger partial charge in [0.2, 0.25) is 0 Å². The molecular formula is C12H21NO2S. The van der Waals surface area contributed by atoms with Gasteiger partial charge in [0.1, 0.15) is 0 Å². The first-order chi connectivity index (χ1) is 7.43. The number of rotatable bonds is 7. The quantitative estimate of drug-likeness (QED) is 0.509. The van der Waals surface area contributed by atoms with Crippen molar-refractivity contribution < 1.29 is 9.53 Å². The lowest BCUT2D eigenvalue weighted by Gasteiger charge is -2.14. The van der Waals surface area contributed by atoms with Crippen LogP contribution in [0.25, 0.3) is 0 Å². The summed E-state index contributed by atoms with van der Waals surface area (Å²) in [6.45, 7) is 5.78. The van der Waals surface area contributed by atoms with Crippen LogP contribution in [-0.2, 0) is 9.53 Å². The van der Waals surface area contributed by atoms with E-state index in [9.17, 15) is 4.79 Å². The second-order valence-electron chi connectivity index (χ2n) is 4.60. The van der Waals surface area contributed by atoms with E-state index in [1.165, 1.54) is 7.11 Å². The summed E-state index contributed by atoms with van der Waals surface area (Å²) in [6, 6.07) is 2.28. The van der Waals surface area contributed by atoms with Crippen molar-refractivity contribution in [2.24, 2.45) is 11.3 Å². The topological polar surface area (TPSA) is 50.1 Å². The Morgan fingerprint density at radius 3 is 2.69 bits per heavy atom. The Morgan fingerprint density at radius 2 is 2.19 bits per heavy atom. The largest absolute Gasteiger partial charge is 0.469 e. The number of ether oxygens (including phenoxy) is 1. The second kappa shape index (κ2) is 7.56. The Hall–Kier alpha value is -0.690. The fourth-order valence-corrected chi connectivity index (χ4v) is 2.21. The Bertz CT molecular complexity index is 258. The third-order valence-electron chi connectivity index (χ3n) is 2.36. The zero-order chi connectivity index (χ0) is 12.6. The van der Waals surface area contributed by atoms with Crippen molar-refractivity contribution in [1.82, 2.24) is 0 Å². The first-order valence-electron chi connectivity index (χ1n) is 5.50. The molecule has 0 saturated carbocycles. The summed E-state index contributed by atoms with van der Waals surface area (Å²) in [4.78, 5) is 11.1. The molecule has 0 spiro atoms. The minimum atomic E-state index is -0.228. The number of nitrogens with zero attached hydrogens (tertiary/aromatic N) is 1. The van der Waals surface area contributed by atoms with Gasteiger partial charge in [-0.2, -0.15) is 17.0 Å². The highest BCUT2D eigenvalue weighted by molar-refractivity contribution is 7.99. The van der Waals surface area contributed by atoms with Crippen molar-refractivity contribution >= 4 is 17.7 Å². The maximum Gasteiger partial charge on any atom is 0.309 e. The molecule has 0 rings (SSSR count). The molecule has 0 aromatic carbocycles. The van der Waals surface area contributed by atoms with Gasteiger partial charge in [-0.15, -0.1) is 0 Å². The molecule has 1 atom stereocenters. The average Bonchev–Trinajstić information content (AvgIpc) is 2.27. The number of carbonyl (C=O) groups is 1. The summed E-state index contributed by atoms with van der Waals surface area (Å²) >= 11 is 1.75. The van der Waals surface area contributed by atoms with Gasteiger partial charge in [-0.05, 0) is 32.4 Å². The molecular weight excluding hydrogens is 222 g/mol. The molecule has 3 nitrogen and oxygen atoms in total. The number of carbonyl (C=O) groups excluding carboxylic acids is 1. The first kappa shape index (κ1) is 15.3. The summed E-state index contributed by atoms with van der Waals surface area (Å²) in [5.74, 6) is 1.59. The highest BCUT2D eigenvalue weighted by Crippen LogP contribution is 2.22. The van der Waals surface area contributed by atoms with Crippen molar-refractivity contribution in [1.29, 1.82) is 5.26 Å². The summed E-state index contributed by atoms with van der Waals surface area (Å²) in [6.07, 6.45) is 1.92. The Balaban J connectivity index is 3.55. The van der Waals surface area contributed by atoms with Crippen LogP contribution in [0.1, 0.15) is 33.6 Å².